The maximum atomic E-state index is 13.3. The summed E-state index contributed by atoms with van der Waals surface area (Å²) >= 11 is 5.55. The van der Waals surface area contributed by atoms with E-state index in [1.54, 1.807) is 0 Å². The third kappa shape index (κ3) is 9.49. The summed E-state index contributed by atoms with van der Waals surface area (Å²) in [5, 5.41) is 14.7. The Morgan fingerprint density at radius 2 is 1.70 bits per heavy atom. The summed E-state index contributed by atoms with van der Waals surface area (Å²) in [4.78, 5) is 26.6. The number of hydrogen-bond donors (Lipinski definition) is 3. The molecular formula is C20H20ClF4N3O5. The number of ether oxygens (including phenoxy) is 2. The molecule has 1 aromatic heterocycles. The minimum Gasteiger partial charge on any atom is -0.484 e. The van der Waals surface area contributed by atoms with Crippen molar-refractivity contribution >= 4 is 23.4 Å². The van der Waals surface area contributed by atoms with E-state index in [0.29, 0.717) is 0 Å². The number of rotatable bonds is 11. The topological polar surface area (TPSA) is 110 Å². The summed E-state index contributed by atoms with van der Waals surface area (Å²) in [6, 6.07) is 5.50. The third-order valence-corrected chi connectivity index (χ3v) is 4.30. The molecule has 0 radical (unpaired) electrons. The van der Waals surface area contributed by atoms with E-state index in [1.807, 2.05) is 0 Å². The fourth-order valence-corrected chi connectivity index (χ4v) is 2.43. The first-order valence-electron chi connectivity index (χ1n) is 9.50. The molecule has 13 heteroatoms. The van der Waals surface area contributed by atoms with E-state index in [4.69, 9.17) is 21.1 Å². The van der Waals surface area contributed by atoms with Gasteiger partial charge in [-0.25, -0.2) is 9.37 Å². The molecule has 1 unspecified atom stereocenters. The molecule has 3 N–H and O–H groups in total. The predicted molar refractivity (Wildman–Crippen MR) is 108 cm³/mol. The van der Waals surface area contributed by atoms with Gasteiger partial charge in [-0.2, -0.15) is 13.2 Å². The van der Waals surface area contributed by atoms with Crippen LogP contribution in [0.15, 0.2) is 36.5 Å². The van der Waals surface area contributed by atoms with Crippen LogP contribution < -0.4 is 20.1 Å². The molecule has 8 nitrogen and oxygen atoms in total. The lowest BCUT2D eigenvalue weighted by atomic mass is 10.2. The molecule has 180 valence electrons. The quantitative estimate of drug-likeness (QED) is 0.415. The van der Waals surface area contributed by atoms with Gasteiger partial charge in [0.2, 0.25) is 0 Å². The van der Waals surface area contributed by atoms with E-state index < -0.39 is 42.2 Å². The van der Waals surface area contributed by atoms with Gasteiger partial charge in [-0.15, -0.1) is 0 Å². The molecule has 2 aromatic rings. The Kier molecular flexibility index (Phi) is 9.67. The first-order chi connectivity index (χ1) is 15.5. The number of nitrogens with zero attached hydrogens (tertiary/aromatic N) is 1. The van der Waals surface area contributed by atoms with Crippen LogP contribution in [0.4, 0.5) is 17.6 Å². The van der Waals surface area contributed by atoms with Gasteiger partial charge < -0.3 is 25.2 Å². The van der Waals surface area contributed by atoms with Gasteiger partial charge in [-0.05, 0) is 30.7 Å². The molecule has 0 aliphatic rings. The van der Waals surface area contributed by atoms with Crippen LogP contribution in [-0.2, 0) is 15.8 Å². The first-order valence-corrected chi connectivity index (χ1v) is 9.87. The number of nitrogens with one attached hydrogen (secondary N) is 2. The van der Waals surface area contributed by atoms with E-state index >= 15 is 0 Å². The number of aliphatic hydroxyl groups is 1. The number of amides is 2. The van der Waals surface area contributed by atoms with E-state index in [0.717, 1.165) is 24.4 Å². The Balaban J connectivity index is 1.58. The fraction of sp³-hybridized carbons (Fsp3) is 0.350. The minimum absolute atomic E-state index is 0.0232. The number of carbonyl (C=O) groups excluding carboxylic acids is 2. The second-order valence-electron chi connectivity index (χ2n) is 6.63. The molecule has 1 aromatic carbocycles. The smallest absolute Gasteiger partial charge is 0.433 e. The Morgan fingerprint density at radius 3 is 2.30 bits per heavy atom. The number of halogens is 5. The summed E-state index contributed by atoms with van der Waals surface area (Å²) in [6.45, 7) is -0.908. The van der Waals surface area contributed by atoms with Crippen molar-refractivity contribution in [3.8, 4) is 11.5 Å². The summed E-state index contributed by atoms with van der Waals surface area (Å²) in [6.07, 6.45) is -4.59. The van der Waals surface area contributed by atoms with Crippen molar-refractivity contribution < 1.29 is 41.7 Å². The van der Waals surface area contributed by atoms with Crippen molar-refractivity contribution in [2.75, 3.05) is 26.3 Å². The van der Waals surface area contributed by atoms with Gasteiger partial charge in [0.05, 0.1) is 17.3 Å². The lowest BCUT2D eigenvalue weighted by molar-refractivity contribution is -0.141. The highest BCUT2D eigenvalue weighted by molar-refractivity contribution is 6.30. The molecule has 1 heterocycles. The second kappa shape index (κ2) is 12.2. The number of aliphatic hydroxyl groups excluding tert-OH is 1. The Labute approximate surface area is 190 Å². The average Bonchev–Trinajstić information content (AvgIpc) is 2.76. The Bertz CT molecular complexity index is 944. The summed E-state index contributed by atoms with van der Waals surface area (Å²) < 4.78 is 60.8. The van der Waals surface area contributed by atoms with Crippen LogP contribution in [0, 0.1) is 5.82 Å². The molecule has 0 spiro atoms. The van der Waals surface area contributed by atoms with Gasteiger partial charge in [-0.1, -0.05) is 11.6 Å². The van der Waals surface area contributed by atoms with E-state index in [2.05, 4.69) is 15.6 Å². The van der Waals surface area contributed by atoms with Crippen LogP contribution in [0.2, 0.25) is 5.02 Å². The minimum atomic E-state index is -4.57. The highest BCUT2D eigenvalue weighted by Crippen LogP contribution is 2.28. The zero-order valence-corrected chi connectivity index (χ0v) is 17.8. The van der Waals surface area contributed by atoms with Gasteiger partial charge in [0.1, 0.15) is 23.0 Å². The number of hydrogen-bond acceptors (Lipinski definition) is 6. The highest BCUT2D eigenvalue weighted by atomic mass is 35.5. The lowest BCUT2D eigenvalue weighted by Crippen LogP contribution is -2.37. The lowest BCUT2D eigenvalue weighted by Gasteiger charge is -2.13. The maximum absolute atomic E-state index is 13.3. The second-order valence-corrected chi connectivity index (χ2v) is 7.03. The van der Waals surface area contributed by atoms with Crippen molar-refractivity contribution in [2.24, 2.45) is 0 Å². The normalized spacial score (nSPS) is 12.1. The van der Waals surface area contributed by atoms with Crippen LogP contribution >= 0.6 is 11.6 Å². The number of aromatic nitrogens is 1. The molecule has 2 amide bonds. The monoisotopic (exact) mass is 493 g/mol. The van der Waals surface area contributed by atoms with E-state index in [-0.39, 0.29) is 42.6 Å². The third-order valence-electron chi connectivity index (χ3n) is 3.99. The zero-order chi connectivity index (χ0) is 24.4. The predicted octanol–water partition coefficient (Wildman–Crippen LogP) is 2.33. The van der Waals surface area contributed by atoms with Gasteiger partial charge in [0, 0.05) is 19.2 Å². The van der Waals surface area contributed by atoms with Crippen LogP contribution in [-0.4, -0.2) is 54.3 Å². The van der Waals surface area contributed by atoms with Gasteiger partial charge in [0.25, 0.3) is 11.8 Å². The van der Waals surface area contributed by atoms with E-state index in [1.165, 1.54) is 12.1 Å². The summed E-state index contributed by atoms with van der Waals surface area (Å²) in [5.41, 5.74) is -1.08. The largest absolute Gasteiger partial charge is 0.484 e. The number of alkyl halides is 3. The van der Waals surface area contributed by atoms with Crippen molar-refractivity contribution in [2.45, 2.75) is 18.7 Å². The molecular weight excluding hydrogens is 474 g/mol. The van der Waals surface area contributed by atoms with Crippen molar-refractivity contribution in [3.05, 3.63) is 53.1 Å². The molecule has 0 saturated heterocycles. The molecule has 0 aliphatic heterocycles. The van der Waals surface area contributed by atoms with Crippen LogP contribution in [0.5, 0.6) is 11.5 Å². The number of pyridine rings is 1. The molecule has 0 aliphatic carbocycles. The molecule has 0 saturated carbocycles. The van der Waals surface area contributed by atoms with E-state index in [9.17, 15) is 32.3 Å². The molecule has 33 heavy (non-hydrogen) atoms. The number of carbonyl (C=O) groups is 2. The fourth-order valence-electron chi connectivity index (χ4n) is 2.31. The maximum Gasteiger partial charge on any atom is 0.433 e. The average molecular weight is 494 g/mol. The Morgan fingerprint density at radius 1 is 1.06 bits per heavy atom. The first kappa shape index (κ1) is 26.1. The highest BCUT2D eigenvalue weighted by Gasteiger charge is 2.32. The molecule has 1 atom stereocenters. The number of benzene rings is 1. The van der Waals surface area contributed by atoms with Crippen LogP contribution in [0.3, 0.4) is 0 Å². The molecule has 2 rings (SSSR count). The summed E-state index contributed by atoms with van der Waals surface area (Å²) in [5.74, 6) is -1.68. The van der Waals surface area contributed by atoms with Crippen molar-refractivity contribution in [1.29, 1.82) is 0 Å². The van der Waals surface area contributed by atoms with Gasteiger partial charge >= 0.3 is 6.18 Å². The molecule has 0 fully saturated rings. The zero-order valence-electron chi connectivity index (χ0n) is 17.0. The SMILES string of the molecule is O=C(COc1ccc(Cl)c(F)c1)NCCC(O)CNC(=O)COc1ccc(C(F)(F)F)nc1. The van der Waals surface area contributed by atoms with Crippen molar-refractivity contribution in [1.82, 2.24) is 15.6 Å². The summed E-state index contributed by atoms with van der Waals surface area (Å²) in [7, 11) is 0. The van der Waals surface area contributed by atoms with Crippen LogP contribution in [0.25, 0.3) is 0 Å². The van der Waals surface area contributed by atoms with Gasteiger partial charge in [0.15, 0.2) is 13.2 Å². The standard InChI is InChI=1S/C20H20ClF4N3O5/c21-15-3-1-13(7-16(15)22)32-10-18(30)26-6-5-12(29)8-28-19(31)11-33-14-2-4-17(27-9-14)20(23,24)25/h1-4,7,9,12,29H,5-6,8,10-11H2,(H,26,30)(H,28,31). The van der Waals surface area contributed by atoms with Gasteiger partial charge in [-0.3, -0.25) is 9.59 Å². The van der Waals surface area contributed by atoms with Crippen LogP contribution in [0.1, 0.15) is 12.1 Å². The van der Waals surface area contributed by atoms with Crippen molar-refractivity contribution in [3.63, 3.8) is 0 Å². The Hall–Kier alpha value is -3.12. The molecule has 0 bridgehead atoms.